The van der Waals surface area contributed by atoms with Gasteiger partial charge in [-0.05, 0) is 68.9 Å². The first-order chi connectivity index (χ1) is 20.0. The molecule has 5 aromatic heterocycles. The molecule has 1 saturated heterocycles. The van der Waals surface area contributed by atoms with Gasteiger partial charge in [-0.3, -0.25) is 14.9 Å². The van der Waals surface area contributed by atoms with E-state index in [2.05, 4.69) is 47.4 Å². The number of fused-ring (bicyclic) bond motifs is 2. The highest BCUT2D eigenvalue weighted by molar-refractivity contribution is 6.30. The Bertz CT molecular complexity index is 1910. The summed E-state index contributed by atoms with van der Waals surface area (Å²) in [4.78, 5) is 36.8. The number of piperidine rings is 1. The quantitative estimate of drug-likeness (QED) is 0.250. The summed E-state index contributed by atoms with van der Waals surface area (Å²) < 4.78 is 0. The Morgan fingerprint density at radius 2 is 1.85 bits per heavy atom. The van der Waals surface area contributed by atoms with Crippen LogP contribution >= 0.6 is 11.6 Å². The van der Waals surface area contributed by atoms with Crippen LogP contribution in [0.2, 0.25) is 5.02 Å². The zero-order chi connectivity index (χ0) is 27.9. The third-order valence-electron chi connectivity index (χ3n) is 7.59. The lowest BCUT2D eigenvalue weighted by molar-refractivity contribution is -0.121. The summed E-state index contributed by atoms with van der Waals surface area (Å²) in [6.07, 6.45) is 8.66. The van der Waals surface area contributed by atoms with E-state index in [-0.39, 0.29) is 11.8 Å². The van der Waals surface area contributed by atoms with Gasteiger partial charge in [0, 0.05) is 46.2 Å². The summed E-state index contributed by atoms with van der Waals surface area (Å²) >= 11 is 6.25. The predicted octanol–water partition coefficient (Wildman–Crippen LogP) is 5.56. The maximum Gasteiger partial charge on any atom is 0.227 e. The molecular formula is C30H26ClN9O. The minimum absolute atomic E-state index is 0.0130. The van der Waals surface area contributed by atoms with E-state index in [0.717, 1.165) is 59.1 Å². The molecule has 0 spiro atoms. The highest BCUT2D eigenvalue weighted by Crippen LogP contribution is 2.33. The van der Waals surface area contributed by atoms with Crippen LogP contribution in [0.25, 0.3) is 56.0 Å². The lowest BCUT2D eigenvalue weighted by Gasteiger charge is -2.28. The van der Waals surface area contributed by atoms with Crippen molar-refractivity contribution in [3.63, 3.8) is 0 Å². The Balaban J connectivity index is 1.21. The van der Waals surface area contributed by atoms with Gasteiger partial charge in [-0.25, -0.2) is 15.0 Å². The summed E-state index contributed by atoms with van der Waals surface area (Å²) in [7, 11) is 2.08. The Morgan fingerprint density at radius 1 is 1.00 bits per heavy atom. The van der Waals surface area contributed by atoms with Crippen LogP contribution in [0.5, 0.6) is 0 Å². The van der Waals surface area contributed by atoms with E-state index < -0.39 is 0 Å². The standard InChI is InChI=1S/C30H26ClN9O/c1-40-9-6-17(7-10-40)30(41)35-22-12-19(14-32-16-22)20-13-24-26(38-39-27(24)34-15-20)29-36-25-23(5-8-33-28(25)37-29)18-3-2-4-21(31)11-18/h2-5,8,11-17H,6-7,9-10H2,1H3,(H,35,41)(H,33,36,37)(H,34,38,39). The molecule has 1 aromatic carbocycles. The van der Waals surface area contributed by atoms with Crippen LogP contribution in [0.4, 0.5) is 5.69 Å². The second-order valence-corrected chi connectivity index (χ2v) is 10.8. The molecule has 3 N–H and O–H groups in total. The van der Waals surface area contributed by atoms with Crippen LogP contribution in [0.1, 0.15) is 12.8 Å². The lowest BCUT2D eigenvalue weighted by atomic mass is 9.96. The number of rotatable bonds is 5. The largest absolute Gasteiger partial charge is 0.324 e. The Kier molecular flexibility index (Phi) is 6.41. The number of halogens is 1. The number of imidazole rings is 1. The van der Waals surface area contributed by atoms with Crippen molar-refractivity contribution in [2.75, 3.05) is 25.5 Å². The lowest BCUT2D eigenvalue weighted by Crippen LogP contribution is -2.35. The molecule has 0 aliphatic carbocycles. The van der Waals surface area contributed by atoms with Gasteiger partial charge in [0.2, 0.25) is 5.91 Å². The average molecular weight is 564 g/mol. The second kappa shape index (κ2) is 10.4. The van der Waals surface area contributed by atoms with Crippen LogP contribution in [0.15, 0.2) is 67.3 Å². The summed E-state index contributed by atoms with van der Waals surface area (Å²) in [5.41, 5.74) is 6.85. The minimum Gasteiger partial charge on any atom is -0.324 e. The number of aromatic amines is 2. The summed E-state index contributed by atoms with van der Waals surface area (Å²) in [5.74, 6) is 0.627. The molecule has 1 amide bonds. The normalized spacial score (nSPS) is 14.6. The maximum atomic E-state index is 12.9. The van der Waals surface area contributed by atoms with Crippen LogP contribution < -0.4 is 5.32 Å². The van der Waals surface area contributed by atoms with Crippen LogP contribution in [0, 0.1) is 5.92 Å². The maximum absolute atomic E-state index is 12.9. The molecule has 204 valence electrons. The van der Waals surface area contributed by atoms with Gasteiger partial charge in [0.1, 0.15) is 11.2 Å². The van der Waals surface area contributed by atoms with Gasteiger partial charge in [-0.2, -0.15) is 5.10 Å². The summed E-state index contributed by atoms with van der Waals surface area (Å²) in [5, 5.41) is 12.0. The first kappa shape index (κ1) is 25.3. The number of carbonyl (C=O) groups is 1. The zero-order valence-electron chi connectivity index (χ0n) is 22.2. The van der Waals surface area contributed by atoms with Gasteiger partial charge >= 0.3 is 0 Å². The highest BCUT2D eigenvalue weighted by atomic mass is 35.5. The van der Waals surface area contributed by atoms with Gasteiger partial charge in [0.15, 0.2) is 17.1 Å². The number of H-pyrrole nitrogens is 2. The predicted molar refractivity (Wildman–Crippen MR) is 159 cm³/mol. The number of aromatic nitrogens is 7. The van der Waals surface area contributed by atoms with Crippen molar-refractivity contribution < 1.29 is 4.79 Å². The molecule has 0 atom stereocenters. The van der Waals surface area contributed by atoms with Gasteiger partial charge < -0.3 is 15.2 Å². The van der Waals surface area contributed by atoms with Crippen molar-refractivity contribution in [1.29, 1.82) is 0 Å². The number of nitrogens with one attached hydrogen (secondary N) is 3. The van der Waals surface area contributed by atoms with Crippen molar-refractivity contribution in [3.8, 4) is 33.8 Å². The van der Waals surface area contributed by atoms with Crippen molar-refractivity contribution >= 4 is 45.4 Å². The van der Waals surface area contributed by atoms with Gasteiger partial charge in [0.05, 0.1) is 17.3 Å². The molecule has 0 radical (unpaired) electrons. The highest BCUT2D eigenvalue weighted by Gasteiger charge is 2.23. The molecule has 0 unspecified atom stereocenters. The second-order valence-electron chi connectivity index (χ2n) is 10.4. The molecule has 10 nitrogen and oxygen atoms in total. The first-order valence-electron chi connectivity index (χ1n) is 13.4. The number of hydrogen-bond acceptors (Lipinski definition) is 7. The number of anilines is 1. The molecule has 41 heavy (non-hydrogen) atoms. The van der Waals surface area contributed by atoms with E-state index in [1.807, 2.05) is 42.5 Å². The number of nitrogens with zero attached hydrogens (tertiary/aromatic N) is 6. The van der Waals surface area contributed by atoms with Crippen molar-refractivity contribution in [2.45, 2.75) is 12.8 Å². The van der Waals surface area contributed by atoms with E-state index in [9.17, 15) is 4.79 Å². The molecule has 6 heterocycles. The fourth-order valence-corrected chi connectivity index (χ4v) is 5.53. The molecule has 0 saturated carbocycles. The molecule has 1 fully saturated rings. The first-order valence-corrected chi connectivity index (χ1v) is 13.8. The number of amides is 1. The molecule has 11 heteroatoms. The number of pyridine rings is 3. The van der Waals surface area contributed by atoms with Crippen molar-refractivity contribution in [2.24, 2.45) is 5.92 Å². The van der Waals surface area contributed by atoms with E-state index in [1.165, 1.54) is 0 Å². The third-order valence-corrected chi connectivity index (χ3v) is 7.82. The molecule has 1 aliphatic heterocycles. The van der Waals surface area contributed by atoms with Crippen LogP contribution in [-0.4, -0.2) is 66.1 Å². The van der Waals surface area contributed by atoms with Gasteiger partial charge in [-0.1, -0.05) is 23.7 Å². The fourth-order valence-electron chi connectivity index (χ4n) is 5.33. The van der Waals surface area contributed by atoms with Gasteiger partial charge in [-0.15, -0.1) is 0 Å². The number of carbonyl (C=O) groups excluding carboxylic acids is 1. The van der Waals surface area contributed by atoms with E-state index in [4.69, 9.17) is 16.6 Å². The SMILES string of the molecule is CN1CCC(C(=O)Nc2cncc(-c3cnc4[nH]nc(-c5nc6c(-c7cccc(Cl)c7)ccnc6[nH]5)c4c3)c2)CC1. The fraction of sp³-hybridized carbons (Fsp3) is 0.200. The Labute approximate surface area is 240 Å². The Hall–Kier alpha value is -4.67. The van der Waals surface area contributed by atoms with Crippen molar-refractivity contribution in [1.82, 2.24) is 40.0 Å². The summed E-state index contributed by atoms with van der Waals surface area (Å²) in [6, 6.07) is 13.5. The van der Waals surface area contributed by atoms with Crippen molar-refractivity contribution in [3.05, 3.63) is 72.3 Å². The van der Waals surface area contributed by atoms with Crippen LogP contribution in [0.3, 0.4) is 0 Å². The number of benzene rings is 1. The Morgan fingerprint density at radius 3 is 2.71 bits per heavy atom. The van der Waals surface area contributed by atoms with Crippen LogP contribution in [-0.2, 0) is 4.79 Å². The smallest absolute Gasteiger partial charge is 0.227 e. The molecular weight excluding hydrogens is 538 g/mol. The van der Waals surface area contributed by atoms with Gasteiger partial charge in [0.25, 0.3) is 0 Å². The zero-order valence-corrected chi connectivity index (χ0v) is 23.0. The number of hydrogen-bond donors (Lipinski definition) is 3. The monoisotopic (exact) mass is 563 g/mol. The van der Waals surface area contributed by atoms with E-state index >= 15 is 0 Å². The molecule has 1 aliphatic rings. The van der Waals surface area contributed by atoms with E-state index in [0.29, 0.717) is 33.5 Å². The third kappa shape index (κ3) is 4.92. The molecule has 0 bridgehead atoms. The number of likely N-dealkylation sites (tertiary alicyclic amines) is 1. The molecule has 6 aromatic rings. The molecule has 7 rings (SSSR count). The average Bonchev–Trinajstić information content (AvgIpc) is 3.61. The minimum atomic E-state index is 0.0130. The summed E-state index contributed by atoms with van der Waals surface area (Å²) in [6.45, 7) is 1.86. The topological polar surface area (TPSA) is 128 Å². The van der Waals surface area contributed by atoms with E-state index in [1.54, 1.807) is 24.8 Å².